The Morgan fingerprint density at radius 1 is 1.12 bits per heavy atom. The molecule has 0 aliphatic heterocycles. The minimum Gasteiger partial charge on any atom is -0.355 e. The molecular formula is C10H22N2O3S. The molecule has 0 saturated carbocycles. The van der Waals surface area contributed by atoms with Crippen molar-refractivity contribution in [3.63, 3.8) is 0 Å². The summed E-state index contributed by atoms with van der Waals surface area (Å²) < 4.78 is 24.5. The maximum atomic E-state index is 11.5. The first-order valence-corrected chi connectivity index (χ1v) is 7.37. The van der Waals surface area contributed by atoms with E-state index in [9.17, 15) is 13.2 Å². The lowest BCUT2D eigenvalue weighted by Crippen LogP contribution is -2.37. The second-order valence-electron chi connectivity index (χ2n) is 3.60. The van der Waals surface area contributed by atoms with Gasteiger partial charge in [0.1, 0.15) is 0 Å². The molecule has 16 heavy (non-hydrogen) atoms. The third kappa shape index (κ3) is 6.07. The second kappa shape index (κ2) is 7.62. The molecule has 0 aliphatic carbocycles. The Morgan fingerprint density at radius 2 is 1.69 bits per heavy atom. The van der Waals surface area contributed by atoms with Crippen LogP contribution in [0.4, 0.5) is 0 Å². The van der Waals surface area contributed by atoms with Crippen molar-refractivity contribution in [2.75, 3.05) is 18.8 Å². The van der Waals surface area contributed by atoms with Gasteiger partial charge in [-0.05, 0) is 19.8 Å². The lowest BCUT2D eigenvalue weighted by molar-refractivity contribution is -0.125. The standard InChI is InChI=1S/C10H22N2O3S/c1-4-9(5-2)10(13)11-7-8-12-16(14,15)6-3/h9,12H,4-8H2,1-3H3,(H,11,13). The van der Waals surface area contributed by atoms with Crippen LogP contribution in [-0.2, 0) is 14.8 Å². The summed E-state index contributed by atoms with van der Waals surface area (Å²) in [5.74, 6) is 0.0940. The van der Waals surface area contributed by atoms with Gasteiger partial charge < -0.3 is 5.32 Å². The molecule has 0 bridgehead atoms. The molecule has 0 radical (unpaired) electrons. The fourth-order valence-corrected chi connectivity index (χ4v) is 1.92. The first-order valence-electron chi connectivity index (χ1n) is 5.71. The van der Waals surface area contributed by atoms with Crippen LogP contribution in [0.1, 0.15) is 33.6 Å². The summed E-state index contributed by atoms with van der Waals surface area (Å²) in [5.41, 5.74) is 0. The van der Waals surface area contributed by atoms with E-state index in [0.29, 0.717) is 6.54 Å². The number of nitrogens with one attached hydrogen (secondary N) is 2. The zero-order chi connectivity index (χ0) is 12.6. The first kappa shape index (κ1) is 15.4. The minimum absolute atomic E-state index is 0.000645. The summed E-state index contributed by atoms with van der Waals surface area (Å²) in [6, 6.07) is 0. The molecule has 0 aromatic heterocycles. The van der Waals surface area contributed by atoms with E-state index in [1.165, 1.54) is 0 Å². The Balaban J connectivity index is 3.79. The Labute approximate surface area is 98.0 Å². The Bertz CT molecular complexity index is 297. The van der Waals surface area contributed by atoms with E-state index in [1.807, 2.05) is 13.8 Å². The molecule has 0 unspecified atom stereocenters. The van der Waals surface area contributed by atoms with Gasteiger partial charge in [-0.1, -0.05) is 13.8 Å². The average molecular weight is 250 g/mol. The third-order valence-corrected chi connectivity index (χ3v) is 3.89. The van der Waals surface area contributed by atoms with Crippen LogP contribution >= 0.6 is 0 Å². The molecule has 2 N–H and O–H groups in total. The molecule has 0 atom stereocenters. The average Bonchev–Trinajstić information content (AvgIpc) is 2.26. The quantitative estimate of drug-likeness (QED) is 0.615. The summed E-state index contributed by atoms with van der Waals surface area (Å²) in [5, 5.41) is 2.72. The normalized spacial score (nSPS) is 11.8. The van der Waals surface area contributed by atoms with Crippen molar-refractivity contribution in [1.82, 2.24) is 10.0 Å². The van der Waals surface area contributed by atoms with E-state index < -0.39 is 10.0 Å². The van der Waals surface area contributed by atoms with Gasteiger partial charge in [0, 0.05) is 19.0 Å². The summed E-state index contributed by atoms with van der Waals surface area (Å²) >= 11 is 0. The summed E-state index contributed by atoms with van der Waals surface area (Å²) in [7, 11) is -3.15. The van der Waals surface area contributed by atoms with Gasteiger partial charge in [-0.3, -0.25) is 4.79 Å². The monoisotopic (exact) mass is 250 g/mol. The number of hydrogen-bond acceptors (Lipinski definition) is 3. The van der Waals surface area contributed by atoms with Gasteiger partial charge in [-0.25, -0.2) is 13.1 Å². The van der Waals surface area contributed by atoms with E-state index in [0.717, 1.165) is 12.8 Å². The Kier molecular flexibility index (Phi) is 7.33. The fraction of sp³-hybridized carbons (Fsp3) is 0.900. The Morgan fingerprint density at radius 3 is 2.12 bits per heavy atom. The predicted molar refractivity (Wildman–Crippen MR) is 64.5 cm³/mol. The molecule has 1 amide bonds. The van der Waals surface area contributed by atoms with E-state index >= 15 is 0 Å². The lowest BCUT2D eigenvalue weighted by Gasteiger charge is -2.12. The van der Waals surface area contributed by atoms with Crippen molar-refractivity contribution in [3.05, 3.63) is 0 Å². The van der Waals surface area contributed by atoms with Crippen molar-refractivity contribution in [2.45, 2.75) is 33.6 Å². The highest BCUT2D eigenvalue weighted by Crippen LogP contribution is 2.06. The first-order chi connectivity index (χ1) is 7.46. The van der Waals surface area contributed by atoms with E-state index in [-0.39, 0.29) is 24.1 Å². The maximum absolute atomic E-state index is 11.5. The minimum atomic E-state index is -3.15. The number of carbonyl (C=O) groups is 1. The van der Waals surface area contributed by atoms with Gasteiger partial charge in [0.15, 0.2) is 0 Å². The highest BCUT2D eigenvalue weighted by molar-refractivity contribution is 7.89. The molecule has 0 heterocycles. The lowest BCUT2D eigenvalue weighted by atomic mass is 10.0. The SMILES string of the molecule is CCC(CC)C(=O)NCCNS(=O)(=O)CC. The van der Waals surface area contributed by atoms with Crippen molar-refractivity contribution in [1.29, 1.82) is 0 Å². The molecule has 6 heteroatoms. The van der Waals surface area contributed by atoms with E-state index in [2.05, 4.69) is 10.0 Å². The molecule has 96 valence electrons. The number of amides is 1. The van der Waals surface area contributed by atoms with Crippen LogP contribution in [0.15, 0.2) is 0 Å². The van der Waals surface area contributed by atoms with Crippen LogP contribution < -0.4 is 10.0 Å². The van der Waals surface area contributed by atoms with Gasteiger partial charge in [0.05, 0.1) is 5.75 Å². The molecule has 0 rings (SSSR count). The highest BCUT2D eigenvalue weighted by atomic mass is 32.2. The van der Waals surface area contributed by atoms with Crippen LogP contribution in [0.25, 0.3) is 0 Å². The number of rotatable bonds is 8. The van der Waals surface area contributed by atoms with Crippen LogP contribution in [0.5, 0.6) is 0 Å². The van der Waals surface area contributed by atoms with Crippen LogP contribution in [-0.4, -0.2) is 33.2 Å². The summed E-state index contributed by atoms with van der Waals surface area (Å²) in [6.07, 6.45) is 1.62. The summed E-state index contributed by atoms with van der Waals surface area (Å²) in [6.45, 7) is 6.10. The number of carbonyl (C=O) groups excluding carboxylic acids is 1. The van der Waals surface area contributed by atoms with Crippen LogP contribution in [0, 0.1) is 5.92 Å². The smallest absolute Gasteiger partial charge is 0.223 e. The fourth-order valence-electron chi connectivity index (χ4n) is 1.30. The molecule has 0 aromatic rings. The van der Waals surface area contributed by atoms with E-state index in [1.54, 1.807) is 6.92 Å². The van der Waals surface area contributed by atoms with Gasteiger partial charge in [0.25, 0.3) is 0 Å². The summed E-state index contributed by atoms with van der Waals surface area (Å²) in [4.78, 5) is 11.5. The van der Waals surface area contributed by atoms with Crippen molar-refractivity contribution >= 4 is 15.9 Å². The van der Waals surface area contributed by atoms with Gasteiger partial charge in [-0.2, -0.15) is 0 Å². The zero-order valence-electron chi connectivity index (χ0n) is 10.2. The Hall–Kier alpha value is -0.620. The number of sulfonamides is 1. The zero-order valence-corrected chi connectivity index (χ0v) is 11.1. The topological polar surface area (TPSA) is 75.3 Å². The second-order valence-corrected chi connectivity index (χ2v) is 5.70. The predicted octanol–water partition coefficient (Wildman–Crippen LogP) is 0.478. The highest BCUT2D eigenvalue weighted by Gasteiger charge is 2.13. The van der Waals surface area contributed by atoms with Crippen LogP contribution in [0.3, 0.4) is 0 Å². The third-order valence-electron chi connectivity index (χ3n) is 2.48. The van der Waals surface area contributed by atoms with Gasteiger partial charge in [-0.15, -0.1) is 0 Å². The van der Waals surface area contributed by atoms with Gasteiger partial charge in [0.2, 0.25) is 15.9 Å². The largest absolute Gasteiger partial charge is 0.355 e. The number of hydrogen-bond donors (Lipinski definition) is 2. The molecule has 0 aliphatic rings. The van der Waals surface area contributed by atoms with E-state index in [4.69, 9.17) is 0 Å². The molecular weight excluding hydrogens is 228 g/mol. The molecule has 5 nitrogen and oxygen atoms in total. The van der Waals surface area contributed by atoms with Crippen LogP contribution in [0.2, 0.25) is 0 Å². The molecule has 0 fully saturated rings. The molecule has 0 aromatic carbocycles. The van der Waals surface area contributed by atoms with Crippen molar-refractivity contribution in [3.8, 4) is 0 Å². The molecule has 0 spiro atoms. The maximum Gasteiger partial charge on any atom is 0.223 e. The van der Waals surface area contributed by atoms with Crippen molar-refractivity contribution < 1.29 is 13.2 Å². The van der Waals surface area contributed by atoms with Gasteiger partial charge >= 0.3 is 0 Å². The molecule has 0 saturated heterocycles. The van der Waals surface area contributed by atoms with Crippen molar-refractivity contribution in [2.24, 2.45) is 5.92 Å².